The van der Waals surface area contributed by atoms with Crippen LogP contribution in [0.5, 0.6) is 11.5 Å². The Balaban J connectivity index is 1.77. The molecule has 0 atom stereocenters. The van der Waals surface area contributed by atoms with Gasteiger partial charge in [-0.2, -0.15) is 9.40 Å². The number of fused-ring (bicyclic) bond motifs is 1. The van der Waals surface area contributed by atoms with E-state index in [1.807, 2.05) is 11.6 Å². The number of hydrogen-bond acceptors (Lipinski definition) is 7. The molecule has 0 N–H and O–H groups in total. The predicted octanol–water partition coefficient (Wildman–Crippen LogP) is 3.27. The lowest BCUT2D eigenvalue weighted by atomic mass is 10.1. The quantitative estimate of drug-likeness (QED) is 0.533. The first-order chi connectivity index (χ1) is 15.2. The van der Waals surface area contributed by atoms with Crippen LogP contribution in [-0.2, 0) is 29.5 Å². The Labute approximate surface area is 188 Å². The zero-order chi connectivity index (χ0) is 23.0. The Bertz CT molecular complexity index is 1230. The van der Waals surface area contributed by atoms with Crippen LogP contribution < -0.4 is 9.47 Å². The van der Waals surface area contributed by atoms with Gasteiger partial charge in [0.2, 0.25) is 15.9 Å². The van der Waals surface area contributed by atoms with Gasteiger partial charge in [0.1, 0.15) is 22.2 Å². The van der Waals surface area contributed by atoms with Crippen molar-refractivity contribution in [1.82, 2.24) is 19.1 Å². The van der Waals surface area contributed by atoms with E-state index >= 15 is 0 Å². The standard InChI is InChI=1S/C22H28N4O5S/c1-14(2)12-26-18-8-9-25(13-17(18)21(24-26)22-23-11-15(3)31-22)32(27,28)20-10-16(29-4)6-7-19(20)30-5/h6-7,10-11,14H,8-9,12-13H2,1-5H3. The number of aromatic nitrogens is 3. The molecule has 0 radical (unpaired) electrons. The normalized spacial score (nSPS) is 14.6. The molecule has 1 aliphatic rings. The molecule has 32 heavy (non-hydrogen) atoms. The largest absolute Gasteiger partial charge is 0.497 e. The van der Waals surface area contributed by atoms with Gasteiger partial charge in [0.05, 0.1) is 20.4 Å². The van der Waals surface area contributed by atoms with Crippen molar-refractivity contribution in [1.29, 1.82) is 0 Å². The molecule has 0 bridgehead atoms. The maximum absolute atomic E-state index is 13.6. The molecule has 0 saturated carbocycles. The summed E-state index contributed by atoms with van der Waals surface area (Å²) < 4.78 is 46.9. The Morgan fingerprint density at radius 1 is 1.22 bits per heavy atom. The van der Waals surface area contributed by atoms with Crippen LogP contribution in [0.25, 0.3) is 11.6 Å². The number of ether oxygens (including phenoxy) is 2. The van der Waals surface area contributed by atoms with Gasteiger partial charge in [0.25, 0.3) is 0 Å². The fraction of sp³-hybridized carbons (Fsp3) is 0.455. The van der Waals surface area contributed by atoms with Crippen molar-refractivity contribution in [3.63, 3.8) is 0 Å². The van der Waals surface area contributed by atoms with E-state index in [1.165, 1.54) is 24.6 Å². The highest BCUT2D eigenvalue weighted by Crippen LogP contribution is 2.36. The van der Waals surface area contributed by atoms with Crippen molar-refractivity contribution in [3.05, 3.63) is 41.4 Å². The van der Waals surface area contributed by atoms with Gasteiger partial charge in [-0.05, 0) is 25.0 Å². The lowest BCUT2D eigenvalue weighted by molar-refractivity contribution is 0.366. The van der Waals surface area contributed by atoms with Crippen LogP contribution in [0.15, 0.2) is 33.7 Å². The summed E-state index contributed by atoms with van der Waals surface area (Å²) in [5.74, 6) is 2.19. The van der Waals surface area contributed by atoms with Crippen molar-refractivity contribution >= 4 is 10.0 Å². The van der Waals surface area contributed by atoms with Crippen molar-refractivity contribution in [3.8, 4) is 23.1 Å². The molecule has 0 fully saturated rings. The van der Waals surface area contributed by atoms with E-state index in [1.54, 1.807) is 18.3 Å². The lowest BCUT2D eigenvalue weighted by Crippen LogP contribution is -2.36. The zero-order valence-corrected chi connectivity index (χ0v) is 19.8. The Hall–Kier alpha value is -2.85. The van der Waals surface area contributed by atoms with E-state index in [9.17, 15) is 8.42 Å². The number of benzene rings is 1. The van der Waals surface area contributed by atoms with Gasteiger partial charge in [0, 0.05) is 43.4 Å². The molecule has 0 unspecified atom stereocenters. The van der Waals surface area contributed by atoms with E-state index < -0.39 is 10.0 Å². The molecule has 3 heterocycles. The van der Waals surface area contributed by atoms with Gasteiger partial charge in [0.15, 0.2) is 5.69 Å². The first kappa shape index (κ1) is 22.3. The maximum Gasteiger partial charge on any atom is 0.247 e. The molecule has 10 heteroatoms. The number of hydrogen-bond donors (Lipinski definition) is 0. The fourth-order valence-electron chi connectivity index (χ4n) is 3.93. The summed E-state index contributed by atoms with van der Waals surface area (Å²) in [7, 11) is -0.896. The maximum atomic E-state index is 13.6. The molecular formula is C22H28N4O5S. The highest BCUT2D eigenvalue weighted by Gasteiger charge is 2.35. The topological polar surface area (TPSA) is 99.7 Å². The SMILES string of the molecule is COc1ccc(OC)c(S(=O)(=O)N2CCc3c(c(-c4ncc(C)o4)nn3CC(C)C)C2)c1. The van der Waals surface area contributed by atoms with Crippen LogP contribution in [0.4, 0.5) is 0 Å². The van der Waals surface area contributed by atoms with Crippen LogP contribution in [0.2, 0.25) is 0 Å². The summed E-state index contributed by atoms with van der Waals surface area (Å²) in [5.41, 5.74) is 2.43. The molecule has 0 aliphatic carbocycles. The average Bonchev–Trinajstić information content (AvgIpc) is 3.36. The number of rotatable bonds is 7. The molecule has 0 amide bonds. The van der Waals surface area contributed by atoms with E-state index in [0.29, 0.717) is 42.0 Å². The van der Waals surface area contributed by atoms with Gasteiger partial charge in [-0.1, -0.05) is 13.8 Å². The number of nitrogens with zero attached hydrogens (tertiary/aromatic N) is 4. The summed E-state index contributed by atoms with van der Waals surface area (Å²) in [6.45, 7) is 7.31. The molecule has 172 valence electrons. The monoisotopic (exact) mass is 460 g/mol. The first-order valence-corrected chi connectivity index (χ1v) is 11.9. The van der Waals surface area contributed by atoms with Gasteiger partial charge < -0.3 is 13.9 Å². The third-order valence-corrected chi connectivity index (χ3v) is 7.32. The van der Waals surface area contributed by atoms with Crippen molar-refractivity contribution < 1.29 is 22.3 Å². The third kappa shape index (κ3) is 4.00. The molecule has 3 aromatic rings. The van der Waals surface area contributed by atoms with Gasteiger partial charge >= 0.3 is 0 Å². The van der Waals surface area contributed by atoms with E-state index in [-0.39, 0.29) is 17.2 Å². The second kappa shape index (κ2) is 8.59. The average molecular weight is 461 g/mol. The molecular weight excluding hydrogens is 432 g/mol. The minimum atomic E-state index is -3.85. The minimum Gasteiger partial charge on any atom is -0.497 e. The molecule has 9 nitrogen and oxygen atoms in total. The smallest absolute Gasteiger partial charge is 0.247 e. The van der Waals surface area contributed by atoms with Crippen LogP contribution in [0.3, 0.4) is 0 Å². The molecule has 1 aliphatic heterocycles. The highest BCUT2D eigenvalue weighted by atomic mass is 32.2. The van der Waals surface area contributed by atoms with Gasteiger partial charge in [-0.3, -0.25) is 4.68 Å². The van der Waals surface area contributed by atoms with Crippen LogP contribution >= 0.6 is 0 Å². The number of sulfonamides is 1. The van der Waals surface area contributed by atoms with Crippen molar-refractivity contribution in [2.24, 2.45) is 5.92 Å². The fourth-order valence-corrected chi connectivity index (χ4v) is 5.51. The second-order valence-electron chi connectivity index (χ2n) is 8.23. The van der Waals surface area contributed by atoms with E-state index in [4.69, 9.17) is 19.0 Å². The van der Waals surface area contributed by atoms with Crippen LogP contribution in [-0.4, -0.2) is 48.3 Å². The zero-order valence-electron chi connectivity index (χ0n) is 19.0. The summed E-state index contributed by atoms with van der Waals surface area (Å²) >= 11 is 0. The van der Waals surface area contributed by atoms with Crippen molar-refractivity contribution in [2.45, 2.75) is 45.2 Å². The lowest BCUT2D eigenvalue weighted by Gasteiger charge is -2.28. The first-order valence-electron chi connectivity index (χ1n) is 10.5. The van der Waals surface area contributed by atoms with Crippen LogP contribution in [0.1, 0.15) is 30.9 Å². The summed E-state index contributed by atoms with van der Waals surface area (Å²) in [6.07, 6.45) is 2.18. The van der Waals surface area contributed by atoms with E-state index in [0.717, 1.165) is 17.8 Å². The molecule has 4 rings (SSSR count). The Morgan fingerprint density at radius 3 is 2.62 bits per heavy atom. The third-order valence-electron chi connectivity index (χ3n) is 5.45. The Morgan fingerprint density at radius 2 is 2.00 bits per heavy atom. The summed E-state index contributed by atoms with van der Waals surface area (Å²) in [4.78, 5) is 4.41. The number of methoxy groups -OCH3 is 2. The molecule has 0 spiro atoms. The summed E-state index contributed by atoms with van der Waals surface area (Å²) in [5, 5.41) is 4.76. The predicted molar refractivity (Wildman–Crippen MR) is 118 cm³/mol. The molecule has 1 aromatic carbocycles. The van der Waals surface area contributed by atoms with Gasteiger partial charge in [-0.25, -0.2) is 13.4 Å². The minimum absolute atomic E-state index is 0.0749. The van der Waals surface area contributed by atoms with Gasteiger partial charge in [-0.15, -0.1) is 0 Å². The second-order valence-corrected chi connectivity index (χ2v) is 10.1. The van der Waals surface area contributed by atoms with Crippen molar-refractivity contribution in [2.75, 3.05) is 20.8 Å². The van der Waals surface area contributed by atoms with Crippen LogP contribution in [0, 0.1) is 12.8 Å². The van der Waals surface area contributed by atoms with E-state index in [2.05, 4.69) is 18.8 Å². The highest BCUT2D eigenvalue weighted by molar-refractivity contribution is 7.89. The number of oxazole rings is 1. The molecule has 0 saturated heterocycles. The Kier molecular flexibility index (Phi) is 6.00. The number of aryl methyl sites for hydroxylation is 1. The summed E-state index contributed by atoms with van der Waals surface area (Å²) in [6, 6.07) is 4.76. The molecule has 2 aromatic heterocycles.